The standard InChI is InChI=1S/C22H20N2O4/c1-2-28-16-9-7-14(8-10-16)19-20(25)22(27)24(21(19)26)12-11-15-13-23-18-6-4-3-5-17(15)18/h3-10,13,23,25H,2,11-12H2,1H3. The Morgan fingerprint density at radius 3 is 2.54 bits per heavy atom. The molecular formula is C22H20N2O4. The third-order valence-electron chi connectivity index (χ3n) is 4.88. The van der Waals surface area contributed by atoms with E-state index >= 15 is 0 Å². The summed E-state index contributed by atoms with van der Waals surface area (Å²) in [7, 11) is 0. The second kappa shape index (κ2) is 7.23. The van der Waals surface area contributed by atoms with Crippen molar-refractivity contribution in [1.29, 1.82) is 0 Å². The molecule has 0 saturated heterocycles. The number of fused-ring (bicyclic) bond motifs is 1. The number of carbonyl (C=O) groups is 2. The zero-order chi connectivity index (χ0) is 19.7. The highest BCUT2D eigenvalue weighted by Crippen LogP contribution is 2.29. The zero-order valence-electron chi connectivity index (χ0n) is 15.4. The summed E-state index contributed by atoms with van der Waals surface area (Å²) in [6.07, 6.45) is 2.39. The van der Waals surface area contributed by atoms with Gasteiger partial charge in [0.15, 0.2) is 5.76 Å². The number of imide groups is 1. The summed E-state index contributed by atoms with van der Waals surface area (Å²) in [6, 6.07) is 14.6. The van der Waals surface area contributed by atoms with Crippen LogP contribution in [-0.2, 0) is 16.0 Å². The van der Waals surface area contributed by atoms with E-state index < -0.39 is 17.6 Å². The summed E-state index contributed by atoms with van der Waals surface area (Å²) in [4.78, 5) is 29.6. The number of aliphatic hydroxyl groups is 1. The van der Waals surface area contributed by atoms with E-state index in [4.69, 9.17) is 4.74 Å². The van der Waals surface area contributed by atoms with Crippen molar-refractivity contribution in [2.24, 2.45) is 0 Å². The lowest BCUT2D eigenvalue weighted by atomic mass is 10.1. The minimum absolute atomic E-state index is 0.0342. The largest absolute Gasteiger partial charge is 0.502 e. The smallest absolute Gasteiger partial charge is 0.296 e. The minimum atomic E-state index is -0.659. The van der Waals surface area contributed by atoms with Gasteiger partial charge in [-0.05, 0) is 42.7 Å². The van der Waals surface area contributed by atoms with Crippen LogP contribution in [0.5, 0.6) is 5.75 Å². The Kier molecular flexibility index (Phi) is 4.61. The summed E-state index contributed by atoms with van der Waals surface area (Å²) in [5, 5.41) is 11.3. The number of para-hydroxylation sites is 1. The van der Waals surface area contributed by atoms with Gasteiger partial charge in [0.05, 0.1) is 12.2 Å². The topological polar surface area (TPSA) is 82.6 Å². The highest BCUT2D eigenvalue weighted by atomic mass is 16.5. The number of H-pyrrole nitrogens is 1. The normalized spacial score (nSPS) is 14.4. The summed E-state index contributed by atoms with van der Waals surface area (Å²) in [5.74, 6) is -0.979. The molecule has 142 valence electrons. The lowest BCUT2D eigenvalue weighted by Crippen LogP contribution is -2.33. The number of aliphatic hydroxyl groups excluding tert-OH is 1. The number of benzene rings is 2. The first kappa shape index (κ1) is 17.9. The van der Waals surface area contributed by atoms with Gasteiger partial charge in [-0.25, -0.2) is 0 Å². The number of carbonyl (C=O) groups excluding carboxylic acids is 2. The summed E-state index contributed by atoms with van der Waals surface area (Å²) in [5.41, 5.74) is 2.55. The highest BCUT2D eigenvalue weighted by molar-refractivity contribution is 6.34. The van der Waals surface area contributed by atoms with E-state index in [2.05, 4.69) is 4.98 Å². The van der Waals surface area contributed by atoms with Crippen LogP contribution in [-0.4, -0.2) is 40.0 Å². The van der Waals surface area contributed by atoms with Crippen molar-refractivity contribution in [3.05, 3.63) is 71.6 Å². The minimum Gasteiger partial charge on any atom is -0.502 e. The third-order valence-corrected chi connectivity index (χ3v) is 4.88. The maximum atomic E-state index is 12.8. The van der Waals surface area contributed by atoms with Crippen LogP contribution in [0.3, 0.4) is 0 Å². The average Bonchev–Trinajstić information content (AvgIpc) is 3.21. The van der Waals surface area contributed by atoms with Gasteiger partial charge in [-0.3, -0.25) is 14.5 Å². The molecule has 4 rings (SSSR count). The van der Waals surface area contributed by atoms with Gasteiger partial charge in [-0.2, -0.15) is 0 Å². The van der Waals surface area contributed by atoms with Crippen molar-refractivity contribution in [2.75, 3.05) is 13.2 Å². The van der Waals surface area contributed by atoms with Gasteiger partial charge in [0, 0.05) is 23.6 Å². The van der Waals surface area contributed by atoms with Crippen molar-refractivity contribution in [2.45, 2.75) is 13.3 Å². The Bertz CT molecular complexity index is 1080. The number of aromatic nitrogens is 1. The summed E-state index contributed by atoms with van der Waals surface area (Å²) < 4.78 is 5.39. The second-order valence-electron chi connectivity index (χ2n) is 6.55. The van der Waals surface area contributed by atoms with Crippen LogP contribution >= 0.6 is 0 Å². The Hall–Kier alpha value is -3.54. The SMILES string of the molecule is CCOc1ccc(C2=C(O)C(=O)N(CCc3c[nH]c4ccccc34)C2=O)cc1. The van der Waals surface area contributed by atoms with Gasteiger partial charge in [-0.15, -0.1) is 0 Å². The number of rotatable bonds is 6. The number of ether oxygens (including phenoxy) is 1. The molecule has 0 spiro atoms. The van der Waals surface area contributed by atoms with Gasteiger partial charge >= 0.3 is 0 Å². The first-order valence-electron chi connectivity index (χ1n) is 9.17. The average molecular weight is 376 g/mol. The molecule has 6 heteroatoms. The first-order chi connectivity index (χ1) is 13.6. The highest BCUT2D eigenvalue weighted by Gasteiger charge is 2.38. The molecule has 0 saturated carbocycles. The fourth-order valence-corrected chi connectivity index (χ4v) is 3.48. The number of aromatic amines is 1. The summed E-state index contributed by atoms with van der Waals surface area (Å²) in [6.45, 7) is 2.61. The fourth-order valence-electron chi connectivity index (χ4n) is 3.48. The number of hydrogen-bond donors (Lipinski definition) is 2. The van der Waals surface area contributed by atoms with E-state index in [9.17, 15) is 14.7 Å². The maximum absolute atomic E-state index is 12.8. The number of nitrogens with one attached hydrogen (secondary N) is 1. The Balaban J connectivity index is 1.53. The molecule has 1 aromatic heterocycles. The van der Waals surface area contributed by atoms with Crippen LogP contribution < -0.4 is 4.74 Å². The monoisotopic (exact) mass is 376 g/mol. The van der Waals surface area contributed by atoms with Crippen LogP contribution in [0.2, 0.25) is 0 Å². The van der Waals surface area contributed by atoms with Gasteiger partial charge in [-0.1, -0.05) is 30.3 Å². The van der Waals surface area contributed by atoms with Crippen molar-refractivity contribution >= 4 is 28.3 Å². The summed E-state index contributed by atoms with van der Waals surface area (Å²) >= 11 is 0. The molecule has 28 heavy (non-hydrogen) atoms. The molecule has 1 aliphatic heterocycles. The molecule has 3 aromatic rings. The number of amides is 2. The Morgan fingerprint density at radius 1 is 1.04 bits per heavy atom. The molecule has 2 N–H and O–H groups in total. The molecule has 2 heterocycles. The molecule has 1 aliphatic rings. The lowest BCUT2D eigenvalue weighted by molar-refractivity contribution is -0.138. The molecule has 0 atom stereocenters. The molecule has 0 aliphatic carbocycles. The van der Waals surface area contributed by atoms with Crippen LogP contribution in [0.15, 0.2) is 60.5 Å². The van der Waals surface area contributed by atoms with Gasteiger partial charge in [0.1, 0.15) is 5.75 Å². The number of hydrogen-bond acceptors (Lipinski definition) is 4. The Labute approximate surface area is 162 Å². The molecular weight excluding hydrogens is 356 g/mol. The predicted octanol–water partition coefficient (Wildman–Crippen LogP) is 3.45. The molecule has 0 fully saturated rings. The quantitative estimate of drug-likeness (QED) is 0.646. The Morgan fingerprint density at radius 2 is 1.79 bits per heavy atom. The van der Waals surface area contributed by atoms with E-state index in [1.807, 2.05) is 37.4 Å². The van der Waals surface area contributed by atoms with Gasteiger partial charge < -0.3 is 14.8 Å². The van der Waals surface area contributed by atoms with Crippen LogP contribution in [0.1, 0.15) is 18.1 Å². The van der Waals surface area contributed by atoms with E-state index in [0.717, 1.165) is 21.4 Å². The van der Waals surface area contributed by atoms with Crippen molar-refractivity contribution in [3.63, 3.8) is 0 Å². The molecule has 2 aromatic carbocycles. The van der Waals surface area contributed by atoms with E-state index in [1.165, 1.54) is 0 Å². The maximum Gasteiger partial charge on any atom is 0.296 e. The molecule has 0 bridgehead atoms. The van der Waals surface area contributed by atoms with Crippen molar-refractivity contribution in [1.82, 2.24) is 9.88 Å². The predicted molar refractivity (Wildman–Crippen MR) is 106 cm³/mol. The van der Waals surface area contributed by atoms with Gasteiger partial charge in [0.25, 0.3) is 11.8 Å². The van der Waals surface area contributed by atoms with Crippen LogP contribution in [0.4, 0.5) is 0 Å². The number of nitrogens with zero attached hydrogens (tertiary/aromatic N) is 1. The molecule has 0 unspecified atom stereocenters. The van der Waals surface area contributed by atoms with Crippen molar-refractivity contribution in [3.8, 4) is 5.75 Å². The lowest BCUT2D eigenvalue weighted by Gasteiger charge is -2.14. The third kappa shape index (κ3) is 3.03. The van der Waals surface area contributed by atoms with E-state index in [1.54, 1.807) is 24.3 Å². The van der Waals surface area contributed by atoms with Crippen LogP contribution in [0, 0.1) is 0 Å². The van der Waals surface area contributed by atoms with Crippen molar-refractivity contribution < 1.29 is 19.4 Å². The molecule has 6 nitrogen and oxygen atoms in total. The molecule has 0 radical (unpaired) electrons. The van der Waals surface area contributed by atoms with Crippen LogP contribution in [0.25, 0.3) is 16.5 Å². The fraction of sp³-hybridized carbons (Fsp3) is 0.182. The van der Waals surface area contributed by atoms with Gasteiger partial charge in [0.2, 0.25) is 0 Å². The first-order valence-corrected chi connectivity index (χ1v) is 9.17. The second-order valence-corrected chi connectivity index (χ2v) is 6.55. The zero-order valence-corrected chi connectivity index (χ0v) is 15.4. The van der Waals surface area contributed by atoms with E-state index in [0.29, 0.717) is 24.3 Å². The molecule has 2 amide bonds. The van der Waals surface area contributed by atoms with E-state index in [-0.39, 0.29) is 12.1 Å².